The van der Waals surface area contributed by atoms with Gasteiger partial charge in [-0.25, -0.2) is 12.8 Å². The van der Waals surface area contributed by atoms with Gasteiger partial charge in [-0.3, -0.25) is 9.52 Å². The van der Waals surface area contributed by atoms with Crippen molar-refractivity contribution in [2.75, 3.05) is 10.0 Å². The van der Waals surface area contributed by atoms with Crippen LogP contribution in [0.25, 0.3) is 22.4 Å². The molecule has 0 bridgehead atoms. The number of nitrogens with zero attached hydrogens (tertiary/aromatic N) is 4. The summed E-state index contributed by atoms with van der Waals surface area (Å²) in [6.07, 6.45) is 0. The number of tetrazole rings is 1. The summed E-state index contributed by atoms with van der Waals surface area (Å²) in [5, 5.41) is 20.8. The lowest BCUT2D eigenvalue weighted by atomic mass is 10.1. The third-order valence-electron chi connectivity index (χ3n) is 4.88. The van der Waals surface area contributed by atoms with E-state index in [0.717, 1.165) is 28.7 Å². The number of benzene rings is 3. The zero-order valence-corrected chi connectivity index (χ0v) is 19.8. The van der Waals surface area contributed by atoms with Crippen LogP contribution in [0.2, 0.25) is 0 Å². The first-order chi connectivity index (χ1) is 16.8. The number of H-pyrrole nitrogens is 1. The van der Waals surface area contributed by atoms with E-state index in [1.807, 2.05) is 0 Å². The number of fused-ring (bicyclic) bond motifs is 1. The normalized spacial score (nSPS) is 11.5. The quantitative estimate of drug-likeness (QED) is 0.283. The van der Waals surface area contributed by atoms with E-state index in [1.165, 1.54) is 18.2 Å². The van der Waals surface area contributed by atoms with Crippen LogP contribution in [0, 0.1) is 5.82 Å². The van der Waals surface area contributed by atoms with E-state index in [4.69, 9.17) is 4.52 Å². The molecular weight excluding hydrogens is 545 g/mol. The average molecular weight is 558 g/mol. The first-order valence-corrected chi connectivity index (χ1v) is 12.1. The Morgan fingerprint density at radius 2 is 1.86 bits per heavy atom. The summed E-state index contributed by atoms with van der Waals surface area (Å²) in [6.45, 7) is 0. The van der Waals surface area contributed by atoms with Gasteiger partial charge < -0.3 is 9.84 Å². The maximum absolute atomic E-state index is 13.1. The highest BCUT2D eigenvalue weighted by atomic mass is 79.9. The second kappa shape index (κ2) is 8.88. The molecule has 176 valence electrons. The molecule has 0 aliphatic carbocycles. The summed E-state index contributed by atoms with van der Waals surface area (Å²) in [5.74, 6) is -0.828. The summed E-state index contributed by atoms with van der Waals surface area (Å²) >= 11 is 3.37. The van der Waals surface area contributed by atoms with Gasteiger partial charge >= 0.3 is 0 Å². The second-order valence-corrected chi connectivity index (χ2v) is 9.78. The van der Waals surface area contributed by atoms with Gasteiger partial charge in [0.2, 0.25) is 5.82 Å². The van der Waals surface area contributed by atoms with Crippen molar-refractivity contribution in [3.05, 3.63) is 76.6 Å². The second-order valence-electron chi connectivity index (χ2n) is 7.18. The fourth-order valence-electron chi connectivity index (χ4n) is 3.26. The van der Waals surface area contributed by atoms with Gasteiger partial charge in [0.1, 0.15) is 5.82 Å². The van der Waals surface area contributed by atoms with Crippen LogP contribution in [0.1, 0.15) is 10.5 Å². The van der Waals surface area contributed by atoms with Crippen LogP contribution in [-0.2, 0) is 10.0 Å². The van der Waals surface area contributed by atoms with Crippen LogP contribution in [0.15, 0.2) is 74.6 Å². The van der Waals surface area contributed by atoms with Crippen molar-refractivity contribution in [2.24, 2.45) is 0 Å². The van der Waals surface area contributed by atoms with Crippen LogP contribution in [0.4, 0.5) is 15.8 Å². The molecule has 0 aliphatic rings. The molecule has 14 heteroatoms. The molecule has 3 N–H and O–H groups in total. The first kappa shape index (κ1) is 22.6. The monoisotopic (exact) mass is 557 g/mol. The Labute approximate surface area is 204 Å². The third-order valence-corrected chi connectivity index (χ3v) is 6.77. The fourth-order valence-corrected chi connectivity index (χ4v) is 4.67. The van der Waals surface area contributed by atoms with Gasteiger partial charge in [-0.2, -0.15) is 5.21 Å². The molecule has 0 saturated heterocycles. The van der Waals surface area contributed by atoms with Crippen LogP contribution >= 0.6 is 15.9 Å². The molecule has 0 radical (unpaired) electrons. The van der Waals surface area contributed by atoms with Gasteiger partial charge in [0.15, 0.2) is 11.3 Å². The smallest absolute Gasteiger partial charge is 0.278 e. The van der Waals surface area contributed by atoms with Gasteiger partial charge in [0, 0.05) is 16.1 Å². The maximum atomic E-state index is 13.1. The summed E-state index contributed by atoms with van der Waals surface area (Å²) in [5.41, 5.74) is 1.29. The van der Waals surface area contributed by atoms with Gasteiger partial charge in [0.05, 0.1) is 21.7 Å². The minimum atomic E-state index is -3.96. The van der Waals surface area contributed by atoms with E-state index < -0.39 is 21.7 Å². The zero-order valence-electron chi connectivity index (χ0n) is 17.4. The van der Waals surface area contributed by atoms with E-state index in [2.05, 4.69) is 51.7 Å². The van der Waals surface area contributed by atoms with E-state index in [9.17, 15) is 17.6 Å². The van der Waals surface area contributed by atoms with E-state index in [-0.39, 0.29) is 27.7 Å². The molecule has 35 heavy (non-hydrogen) atoms. The third kappa shape index (κ3) is 4.61. The Morgan fingerprint density at radius 1 is 1.06 bits per heavy atom. The number of nitrogens with one attached hydrogen (secondary N) is 3. The molecular formula is C21H13BrFN7O4S. The number of aromatic amines is 1. The Kier molecular flexibility index (Phi) is 5.74. The average Bonchev–Trinajstić information content (AvgIpc) is 3.50. The van der Waals surface area contributed by atoms with E-state index in [0.29, 0.717) is 16.6 Å². The number of halogens is 2. The molecule has 2 heterocycles. The zero-order chi connectivity index (χ0) is 24.6. The van der Waals surface area contributed by atoms with Crippen LogP contribution in [0.3, 0.4) is 0 Å². The van der Waals surface area contributed by atoms with Gasteiger partial charge in [-0.05, 0) is 59.8 Å². The Bertz CT molecular complexity index is 1660. The van der Waals surface area contributed by atoms with Crippen molar-refractivity contribution in [1.29, 1.82) is 0 Å². The van der Waals surface area contributed by atoms with Crippen molar-refractivity contribution in [1.82, 2.24) is 25.8 Å². The van der Waals surface area contributed by atoms with Crippen molar-refractivity contribution >= 4 is 54.2 Å². The number of carbonyl (C=O) groups excluding carboxylic acids is 1. The highest BCUT2D eigenvalue weighted by molar-refractivity contribution is 9.10. The van der Waals surface area contributed by atoms with Crippen molar-refractivity contribution in [3.8, 4) is 11.4 Å². The molecule has 3 aromatic carbocycles. The first-order valence-electron chi connectivity index (χ1n) is 9.83. The van der Waals surface area contributed by atoms with E-state index >= 15 is 0 Å². The van der Waals surface area contributed by atoms with Crippen LogP contribution in [-0.4, -0.2) is 40.1 Å². The summed E-state index contributed by atoms with van der Waals surface area (Å²) in [4.78, 5) is 12.9. The number of hydrogen-bond donors (Lipinski definition) is 3. The molecule has 0 aliphatic heterocycles. The van der Waals surface area contributed by atoms with E-state index in [1.54, 1.807) is 18.2 Å². The minimum absolute atomic E-state index is 0.00470. The molecule has 0 spiro atoms. The number of carbonyl (C=O) groups is 1. The SMILES string of the molecule is O=C(Nc1ccc(Br)cc1-c1nn[nH]n1)c1noc2cc(NS(=O)(=O)c3ccc(F)cc3)ccc12. The Hall–Kier alpha value is -4.17. The molecule has 0 saturated carbocycles. The number of rotatable bonds is 6. The largest absolute Gasteiger partial charge is 0.355 e. The lowest BCUT2D eigenvalue weighted by Crippen LogP contribution is -2.14. The molecule has 2 aromatic heterocycles. The van der Waals surface area contributed by atoms with Gasteiger partial charge in [-0.15, -0.1) is 10.2 Å². The predicted octanol–water partition coefficient (Wildman–Crippen LogP) is 3.96. The minimum Gasteiger partial charge on any atom is -0.355 e. The molecule has 0 unspecified atom stereocenters. The summed E-state index contributed by atoms with van der Waals surface area (Å²) in [6, 6.07) is 13.9. The Balaban J connectivity index is 1.40. The highest BCUT2D eigenvalue weighted by Crippen LogP contribution is 2.30. The van der Waals surface area contributed by atoms with Crippen LogP contribution in [0.5, 0.6) is 0 Å². The van der Waals surface area contributed by atoms with Gasteiger partial charge in [0.25, 0.3) is 15.9 Å². The number of sulfonamides is 1. The molecule has 1 amide bonds. The summed E-state index contributed by atoms with van der Waals surface area (Å²) in [7, 11) is -3.96. The van der Waals surface area contributed by atoms with Crippen LogP contribution < -0.4 is 10.0 Å². The molecule has 11 nitrogen and oxygen atoms in total. The standard InChI is InChI=1S/C21H13BrFN7O4S/c22-11-1-8-17(16(9-11)20-25-29-30-26-20)24-21(31)19-15-7-4-13(10-18(15)34-27-19)28-35(32,33)14-5-2-12(23)3-6-14/h1-10,28H,(H,24,31)(H,25,26,29,30). The number of amides is 1. The number of anilines is 2. The predicted molar refractivity (Wildman–Crippen MR) is 126 cm³/mol. The molecule has 5 aromatic rings. The lowest BCUT2D eigenvalue weighted by Gasteiger charge is -2.09. The highest BCUT2D eigenvalue weighted by Gasteiger charge is 2.21. The van der Waals surface area contributed by atoms with Crippen molar-refractivity contribution in [2.45, 2.75) is 4.90 Å². The Morgan fingerprint density at radius 3 is 2.60 bits per heavy atom. The summed E-state index contributed by atoms with van der Waals surface area (Å²) < 4.78 is 46.6. The van der Waals surface area contributed by atoms with Gasteiger partial charge in [-0.1, -0.05) is 21.1 Å². The molecule has 5 rings (SSSR count). The molecule has 0 atom stereocenters. The topological polar surface area (TPSA) is 156 Å². The van der Waals surface area contributed by atoms with Crippen molar-refractivity contribution < 1.29 is 22.1 Å². The van der Waals surface area contributed by atoms with Crippen molar-refractivity contribution in [3.63, 3.8) is 0 Å². The maximum Gasteiger partial charge on any atom is 0.278 e. The fraction of sp³-hybridized carbons (Fsp3) is 0. The number of hydrogen-bond acceptors (Lipinski definition) is 8. The molecule has 0 fully saturated rings. The number of aromatic nitrogens is 5. The lowest BCUT2D eigenvalue weighted by molar-refractivity contribution is 0.102.